The summed E-state index contributed by atoms with van der Waals surface area (Å²) in [6.07, 6.45) is 0. The van der Waals surface area contributed by atoms with Crippen LogP contribution >= 0.6 is 0 Å². The maximum atomic E-state index is 12.4. The van der Waals surface area contributed by atoms with Gasteiger partial charge in [0.25, 0.3) is 5.91 Å². The van der Waals surface area contributed by atoms with E-state index >= 15 is 0 Å². The summed E-state index contributed by atoms with van der Waals surface area (Å²) in [5.41, 5.74) is 1.92. The first-order valence-corrected chi connectivity index (χ1v) is 5.96. The Kier molecular flexibility index (Phi) is 2.96. The van der Waals surface area contributed by atoms with Crippen LogP contribution in [0.3, 0.4) is 0 Å². The molecule has 1 heterocycles. The van der Waals surface area contributed by atoms with Gasteiger partial charge in [-0.25, -0.2) is 0 Å². The van der Waals surface area contributed by atoms with Gasteiger partial charge in [0.2, 0.25) is 0 Å². The number of nitriles is 1. The molecule has 0 bridgehead atoms. The molecule has 3 nitrogen and oxygen atoms in total. The molecule has 0 saturated heterocycles. The van der Waals surface area contributed by atoms with Crippen LogP contribution in [-0.4, -0.2) is 22.9 Å². The van der Waals surface area contributed by atoms with Crippen LogP contribution in [-0.2, 0) is 4.79 Å². The highest BCUT2D eigenvalue weighted by atomic mass is 16.2. The average molecular weight is 240 g/mol. The molecule has 0 spiro atoms. The van der Waals surface area contributed by atoms with Crippen molar-refractivity contribution in [3.05, 3.63) is 41.5 Å². The van der Waals surface area contributed by atoms with Crippen molar-refractivity contribution in [2.45, 2.75) is 26.3 Å². The second kappa shape index (κ2) is 4.30. The molecule has 18 heavy (non-hydrogen) atoms. The second-order valence-electron chi connectivity index (χ2n) is 5.08. The van der Waals surface area contributed by atoms with Crippen LogP contribution in [0.25, 0.3) is 5.57 Å². The summed E-state index contributed by atoms with van der Waals surface area (Å²) in [5, 5.41) is 9.15. The van der Waals surface area contributed by atoms with E-state index in [1.54, 1.807) is 18.7 Å². The molecule has 1 aliphatic rings. The quantitative estimate of drug-likeness (QED) is 0.797. The van der Waals surface area contributed by atoms with Crippen molar-refractivity contribution in [2.24, 2.45) is 0 Å². The van der Waals surface area contributed by atoms with Gasteiger partial charge in [-0.2, -0.15) is 5.26 Å². The summed E-state index contributed by atoms with van der Waals surface area (Å²) < 4.78 is 0. The van der Waals surface area contributed by atoms with Crippen LogP contribution in [0.1, 0.15) is 26.3 Å². The fourth-order valence-electron chi connectivity index (χ4n) is 2.19. The smallest absolute Gasteiger partial charge is 0.256 e. The van der Waals surface area contributed by atoms with E-state index in [0.29, 0.717) is 6.54 Å². The summed E-state index contributed by atoms with van der Waals surface area (Å²) in [6, 6.07) is 11.8. The summed E-state index contributed by atoms with van der Waals surface area (Å²) in [6.45, 7) is 6.02. The van der Waals surface area contributed by atoms with Gasteiger partial charge >= 0.3 is 0 Å². The molecule has 0 fully saturated rings. The standard InChI is InChI=1S/C15H16N2O/c1-11-9-17(15(2,3)10-16)14(18)13(11)12-7-5-4-6-8-12/h4-8H,9H2,1-3H3. The third kappa shape index (κ3) is 1.91. The Morgan fingerprint density at radius 2 is 1.89 bits per heavy atom. The first kappa shape index (κ1) is 12.4. The van der Waals surface area contributed by atoms with Crippen molar-refractivity contribution >= 4 is 11.5 Å². The van der Waals surface area contributed by atoms with Gasteiger partial charge in [0.15, 0.2) is 0 Å². The number of rotatable bonds is 2. The largest absolute Gasteiger partial charge is 0.316 e. The Morgan fingerprint density at radius 1 is 1.28 bits per heavy atom. The molecule has 0 atom stereocenters. The van der Waals surface area contributed by atoms with Crippen molar-refractivity contribution in [1.29, 1.82) is 5.26 Å². The summed E-state index contributed by atoms with van der Waals surface area (Å²) in [4.78, 5) is 14.1. The fourth-order valence-corrected chi connectivity index (χ4v) is 2.19. The zero-order chi connectivity index (χ0) is 13.3. The molecule has 0 radical (unpaired) electrons. The van der Waals surface area contributed by atoms with E-state index in [1.165, 1.54) is 0 Å². The van der Waals surface area contributed by atoms with E-state index in [9.17, 15) is 4.79 Å². The average Bonchev–Trinajstić information content (AvgIpc) is 2.67. The number of amides is 1. The Bertz CT molecular complexity index is 550. The molecule has 92 valence electrons. The molecule has 0 unspecified atom stereocenters. The molecular formula is C15H16N2O. The van der Waals surface area contributed by atoms with Gasteiger partial charge in [0.1, 0.15) is 5.54 Å². The molecule has 1 aliphatic heterocycles. The van der Waals surface area contributed by atoms with Gasteiger partial charge in [0, 0.05) is 12.1 Å². The number of nitrogens with zero attached hydrogens (tertiary/aromatic N) is 2. The molecule has 2 rings (SSSR count). The Hall–Kier alpha value is -2.08. The van der Waals surface area contributed by atoms with Gasteiger partial charge in [0.05, 0.1) is 6.07 Å². The van der Waals surface area contributed by atoms with Crippen molar-refractivity contribution in [3.63, 3.8) is 0 Å². The zero-order valence-electron chi connectivity index (χ0n) is 10.9. The molecule has 1 amide bonds. The first-order chi connectivity index (χ1) is 8.47. The van der Waals surface area contributed by atoms with Crippen LogP contribution in [0.5, 0.6) is 0 Å². The highest BCUT2D eigenvalue weighted by Gasteiger charge is 2.38. The van der Waals surface area contributed by atoms with E-state index in [-0.39, 0.29) is 5.91 Å². The summed E-state index contributed by atoms with van der Waals surface area (Å²) in [5.74, 6) is -0.0507. The lowest BCUT2D eigenvalue weighted by atomic mass is 10.0. The van der Waals surface area contributed by atoms with Crippen molar-refractivity contribution < 1.29 is 4.79 Å². The summed E-state index contributed by atoms with van der Waals surface area (Å²) in [7, 11) is 0. The van der Waals surface area contributed by atoms with E-state index in [4.69, 9.17) is 5.26 Å². The van der Waals surface area contributed by atoms with E-state index < -0.39 is 5.54 Å². The van der Waals surface area contributed by atoms with Crippen LogP contribution in [0.4, 0.5) is 0 Å². The highest BCUT2D eigenvalue weighted by Crippen LogP contribution is 2.32. The van der Waals surface area contributed by atoms with Crippen LogP contribution < -0.4 is 0 Å². The zero-order valence-corrected chi connectivity index (χ0v) is 10.9. The van der Waals surface area contributed by atoms with E-state index in [2.05, 4.69) is 6.07 Å². The van der Waals surface area contributed by atoms with Crippen molar-refractivity contribution in [2.75, 3.05) is 6.54 Å². The molecule has 0 N–H and O–H groups in total. The van der Waals surface area contributed by atoms with Gasteiger partial charge in [-0.1, -0.05) is 30.3 Å². The number of hydrogen-bond donors (Lipinski definition) is 0. The Labute approximate surface area is 107 Å². The normalized spacial score (nSPS) is 16.1. The third-order valence-electron chi connectivity index (χ3n) is 3.29. The lowest BCUT2D eigenvalue weighted by Gasteiger charge is -2.29. The number of hydrogen-bond acceptors (Lipinski definition) is 2. The number of benzene rings is 1. The lowest BCUT2D eigenvalue weighted by molar-refractivity contribution is -0.126. The van der Waals surface area contributed by atoms with E-state index in [1.807, 2.05) is 37.3 Å². The lowest BCUT2D eigenvalue weighted by Crippen LogP contribution is -2.44. The predicted octanol–water partition coefficient (Wildman–Crippen LogP) is 2.60. The molecule has 0 saturated carbocycles. The van der Waals surface area contributed by atoms with Gasteiger partial charge in [-0.15, -0.1) is 0 Å². The number of carbonyl (C=O) groups is 1. The summed E-state index contributed by atoms with van der Waals surface area (Å²) >= 11 is 0. The monoisotopic (exact) mass is 240 g/mol. The second-order valence-corrected chi connectivity index (χ2v) is 5.08. The molecule has 1 aromatic rings. The highest BCUT2D eigenvalue weighted by molar-refractivity contribution is 6.22. The fraction of sp³-hybridized carbons (Fsp3) is 0.333. The maximum Gasteiger partial charge on any atom is 0.256 e. The van der Waals surface area contributed by atoms with Crippen LogP contribution in [0, 0.1) is 11.3 Å². The first-order valence-electron chi connectivity index (χ1n) is 5.96. The Morgan fingerprint density at radius 3 is 2.44 bits per heavy atom. The van der Waals surface area contributed by atoms with Crippen molar-refractivity contribution in [1.82, 2.24) is 4.90 Å². The topological polar surface area (TPSA) is 44.1 Å². The molecule has 1 aromatic carbocycles. The maximum absolute atomic E-state index is 12.4. The van der Waals surface area contributed by atoms with Gasteiger partial charge < -0.3 is 4.90 Å². The van der Waals surface area contributed by atoms with Crippen LogP contribution in [0.2, 0.25) is 0 Å². The van der Waals surface area contributed by atoms with Gasteiger partial charge in [-0.05, 0) is 31.9 Å². The van der Waals surface area contributed by atoms with Crippen molar-refractivity contribution in [3.8, 4) is 6.07 Å². The van der Waals surface area contributed by atoms with Crippen LogP contribution in [0.15, 0.2) is 35.9 Å². The van der Waals surface area contributed by atoms with Gasteiger partial charge in [-0.3, -0.25) is 4.79 Å². The minimum atomic E-state index is -0.769. The molecular weight excluding hydrogens is 224 g/mol. The molecule has 3 heteroatoms. The Balaban J connectivity index is 2.39. The number of carbonyl (C=O) groups excluding carboxylic acids is 1. The minimum absolute atomic E-state index is 0.0507. The van der Waals surface area contributed by atoms with E-state index in [0.717, 1.165) is 16.7 Å². The predicted molar refractivity (Wildman–Crippen MR) is 70.4 cm³/mol. The molecule has 0 aliphatic carbocycles. The third-order valence-corrected chi connectivity index (χ3v) is 3.29. The molecule has 0 aromatic heterocycles. The SMILES string of the molecule is CC1=C(c2ccccc2)C(=O)N(C(C)(C)C#N)C1. The minimum Gasteiger partial charge on any atom is -0.316 e.